The average molecular weight is 1240 g/mol. The topological polar surface area (TPSA) is 296 Å². The number of aryl methyl sites for hydroxylation is 3. The summed E-state index contributed by atoms with van der Waals surface area (Å²) in [7, 11) is 0. The van der Waals surface area contributed by atoms with Crippen LogP contribution in [0.25, 0.3) is 26.9 Å². The molecular weight excluding hydrogens is 1150 g/mol. The first-order chi connectivity index (χ1) is 42.2. The molecule has 0 radical (unpaired) electrons. The summed E-state index contributed by atoms with van der Waals surface area (Å²) in [5, 5.41) is 27.3. The lowest BCUT2D eigenvalue weighted by molar-refractivity contribution is -0.144. The molecular formula is C63H86N10O14S. The van der Waals surface area contributed by atoms with Gasteiger partial charge in [-0.05, 0) is 92.5 Å². The number of hydrogen-bond donors (Lipinski definition) is 6. The van der Waals surface area contributed by atoms with Gasteiger partial charge < -0.3 is 69.6 Å². The number of aromatic nitrogens is 4. The number of carbonyl (C=O) groups excluding carboxylic acids is 6. The van der Waals surface area contributed by atoms with Crippen LogP contribution in [-0.2, 0) is 65.5 Å². The third kappa shape index (κ3) is 19.9. The van der Waals surface area contributed by atoms with E-state index >= 15 is 0 Å². The van der Waals surface area contributed by atoms with Crippen molar-refractivity contribution in [3.05, 3.63) is 110 Å². The lowest BCUT2D eigenvalue weighted by Gasteiger charge is -2.35. The van der Waals surface area contributed by atoms with Gasteiger partial charge in [0.05, 0.1) is 106 Å². The van der Waals surface area contributed by atoms with Crippen LogP contribution in [0.15, 0.2) is 65.0 Å². The predicted molar refractivity (Wildman–Crippen MR) is 331 cm³/mol. The molecule has 0 aliphatic carbocycles. The molecule has 2 aliphatic rings. The number of β-amino-alcohol motifs (C(OH)–C–C–N with tert-alkyl or cyclic N) is 1. The molecule has 1 saturated heterocycles. The number of likely N-dealkylation sites (tertiary alicyclic amines) is 1. The highest BCUT2D eigenvalue weighted by atomic mass is 32.1. The Morgan fingerprint density at radius 2 is 1.47 bits per heavy atom. The van der Waals surface area contributed by atoms with Gasteiger partial charge in [-0.2, -0.15) is 5.10 Å². The van der Waals surface area contributed by atoms with Crippen molar-refractivity contribution in [2.45, 2.75) is 112 Å². The van der Waals surface area contributed by atoms with E-state index in [1.165, 1.54) is 4.90 Å². The number of benzene rings is 2. The number of aliphatic hydroxyl groups is 1. The fraction of sp³-hybridized carbons (Fsp3) is 0.540. The Balaban J connectivity index is 0.674. The molecule has 0 spiro atoms. The van der Waals surface area contributed by atoms with Crippen molar-refractivity contribution in [2.75, 3.05) is 105 Å². The fourth-order valence-electron chi connectivity index (χ4n) is 10.2. The minimum Gasteiger partial charge on any atom is -0.391 e. The number of thiazole rings is 1. The second kappa shape index (κ2) is 33.4. The van der Waals surface area contributed by atoms with Gasteiger partial charge in [-0.3, -0.25) is 38.2 Å². The molecule has 5 heterocycles. The Morgan fingerprint density at radius 1 is 0.795 bits per heavy atom. The van der Waals surface area contributed by atoms with Gasteiger partial charge in [0, 0.05) is 74.8 Å². The molecule has 2 aliphatic heterocycles. The summed E-state index contributed by atoms with van der Waals surface area (Å²) in [4.78, 5) is 103. The minimum absolute atomic E-state index is 0.00543. The van der Waals surface area contributed by atoms with Gasteiger partial charge in [-0.15, -0.1) is 11.3 Å². The lowest BCUT2D eigenvalue weighted by atomic mass is 9.85. The van der Waals surface area contributed by atoms with E-state index < -0.39 is 35.4 Å². The largest absolute Gasteiger partial charge is 0.391 e. The Morgan fingerprint density at radius 3 is 2.10 bits per heavy atom. The zero-order valence-corrected chi connectivity index (χ0v) is 52.6. The molecule has 24 nitrogen and oxygen atoms in total. The number of pyridine rings is 1. The van der Waals surface area contributed by atoms with Crippen LogP contribution in [-0.4, -0.2) is 194 Å². The highest BCUT2D eigenvalue weighted by Gasteiger charge is 2.44. The Labute approximate surface area is 517 Å². The molecule has 3 atom stereocenters. The van der Waals surface area contributed by atoms with Gasteiger partial charge in [-0.1, -0.05) is 51.1 Å². The molecule has 2 aromatic carbocycles. The molecule has 1 unspecified atom stereocenters. The molecule has 3 aromatic heterocycles. The van der Waals surface area contributed by atoms with E-state index in [1.54, 1.807) is 27.9 Å². The summed E-state index contributed by atoms with van der Waals surface area (Å²) in [6.07, 6.45) is 3.47. The number of hydrogen-bond acceptors (Lipinski definition) is 17. The van der Waals surface area contributed by atoms with Crippen LogP contribution in [0.5, 0.6) is 0 Å². The number of fused-ring (bicyclic) bond motifs is 1. The summed E-state index contributed by atoms with van der Waals surface area (Å²) in [6, 6.07) is 11.8. The van der Waals surface area contributed by atoms with Crippen molar-refractivity contribution in [3.8, 4) is 10.4 Å². The van der Waals surface area contributed by atoms with E-state index in [9.17, 15) is 38.7 Å². The Bertz CT molecular complexity index is 3260. The van der Waals surface area contributed by atoms with E-state index in [0.29, 0.717) is 49.2 Å². The van der Waals surface area contributed by atoms with Crippen LogP contribution in [0.1, 0.15) is 104 Å². The Kier molecular flexibility index (Phi) is 25.9. The van der Waals surface area contributed by atoms with Crippen LogP contribution in [0.4, 0.5) is 0 Å². The third-order valence-corrected chi connectivity index (χ3v) is 16.0. The number of carbonyl (C=O) groups is 6. The van der Waals surface area contributed by atoms with Crippen molar-refractivity contribution in [3.63, 3.8) is 0 Å². The van der Waals surface area contributed by atoms with Gasteiger partial charge in [0.15, 0.2) is 0 Å². The number of aromatic amines is 1. The molecule has 6 amide bonds. The normalized spacial score (nSPS) is 15.6. The molecule has 478 valence electrons. The Hall–Kier alpha value is -7.23. The number of nitrogens with one attached hydrogen (secondary N) is 5. The SMILES string of the molecule is Cc1cc(C)c(CNC(=O)c2cc(C3=CCN(C(=O)COCCOCCOCC(=O)NCCOCCOCCOCCC(=O)NC(C(=O)N4C[C@H](O)C[C@H]4C(=O)NCc4ccc(-c5scnc5C)cc4)C(C)(C)C)CC3)cc3c2cnn3C(C)C)c(=O)[nH]1. The first kappa shape index (κ1) is 68.3. The van der Waals surface area contributed by atoms with Crippen molar-refractivity contribution in [1.29, 1.82) is 0 Å². The van der Waals surface area contributed by atoms with Crippen molar-refractivity contribution >= 4 is 63.3 Å². The van der Waals surface area contributed by atoms with E-state index in [4.69, 9.17) is 28.4 Å². The first-order valence-electron chi connectivity index (χ1n) is 29.9. The van der Waals surface area contributed by atoms with Crippen LogP contribution in [0, 0.1) is 26.2 Å². The summed E-state index contributed by atoms with van der Waals surface area (Å²) >= 11 is 1.56. The summed E-state index contributed by atoms with van der Waals surface area (Å²) < 4.78 is 35.1. The average Bonchev–Trinajstić information content (AvgIpc) is 1.95. The summed E-state index contributed by atoms with van der Waals surface area (Å²) in [6.45, 7) is 18.6. The van der Waals surface area contributed by atoms with Crippen molar-refractivity contribution in [1.82, 2.24) is 50.8 Å². The third-order valence-electron chi connectivity index (χ3n) is 15.0. The number of H-pyrrole nitrogens is 1. The zero-order valence-electron chi connectivity index (χ0n) is 51.8. The number of aliphatic hydroxyl groups excluding tert-OH is 1. The lowest BCUT2D eigenvalue weighted by Crippen LogP contribution is -2.57. The summed E-state index contributed by atoms with van der Waals surface area (Å²) in [5.74, 6) is -1.99. The fourth-order valence-corrected chi connectivity index (χ4v) is 11.1. The monoisotopic (exact) mass is 1240 g/mol. The quantitative estimate of drug-likeness (QED) is 0.0319. The summed E-state index contributed by atoms with van der Waals surface area (Å²) in [5.41, 5.74) is 8.95. The van der Waals surface area contributed by atoms with Gasteiger partial charge in [-0.25, -0.2) is 4.98 Å². The van der Waals surface area contributed by atoms with Gasteiger partial charge in [0.25, 0.3) is 11.5 Å². The first-order valence-corrected chi connectivity index (χ1v) is 30.8. The number of rotatable bonds is 33. The highest BCUT2D eigenvalue weighted by Crippen LogP contribution is 2.32. The molecule has 0 saturated carbocycles. The standard InChI is InChI=1S/C63H86N10O14S/c1-40(2)73-52-31-47(30-49(51(52)35-68-73)59(78)66-34-50-41(3)29-42(4)69-60(50)79)45-13-17-71(18-14-45)56(77)38-87-28-26-85-25-27-86-37-55(76)64-16-20-83-22-24-84-23-21-82-19-15-54(75)70-58(63(6,7)8)62(81)72-36-48(74)32-53(72)61(80)65-33-44-9-11-46(12-10-44)57-43(5)67-39-88-57/h9-13,29-31,35,39-40,48,53,58,74H,14-28,32-34,36-38H2,1-8H3,(H,64,76)(H,65,80)(H,66,78)(H,69,79)(H,70,75)/t48-,53+,58?/m1/s1. The number of nitrogens with zero attached hydrogens (tertiary/aromatic N) is 5. The molecule has 0 bridgehead atoms. The second-order valence-corrected chi connectivity index (χ2v) is 24.0. The van der Waals surface area contributed by atoms with Gasteiger partial charge in [0.2, 0.25) is 29.5 Å². The maximum atomic E-state index is 14.0. The number of amides is 6. The molecule has 5 aromatic rings. The van der Waals surface area contributed by atoms with E-state index in [-0.39, 0.29) is 140 Å². The maximum Gasteiger partial charge on any atom is 0.253 e. The van der Waals surface area contributed by atoms with Crippen molar-refractivity contribution < 1.29 is 62.3 Å². The maximum absolute atomic E-state index is 14.0. The molecule has 88 heavy (non-hydrogen) atoms. The van der Waals surface area contributed by atoms with Gasteiger partial charge in [0.1, 0.15) is 25.3 Å². The van der Waals surface area contributed by atoms with Crippen LogP contribution in [0.3, 0.4) is 0 Å². The molecule has 25 heteroatoms. The van der Waals surface area contributed by atoms with E-state index in [2.05, 4.69) is 36.3 Å². The zero-order chi connectivity index (χ0) is 63.3. The minimum atomic E-state index is -0.955. The number of ether oxygens (including phenoxy) is 6. The van der Waals surface area contributed by atoms with Crippen LogP contribution in [0.2, 0.25) is 0 Å². The molecule has 7 rings (SSSR count). The van der Waals surface area contributed by atoms with Crippen LogP contribution >= 0.6 is 11.3 Å². The van der Waals surface area contributed by atoms with Crippen molar-refractivity contribution in [2.24, 2.45) is 5.41 Å². The van der Waals surface area contributed by atoms with E-state index in [0.717, 1.165) is 49.6 Å². The predicted octanol–water partition coefficient (Wildman–Crippen LogP) is 4.31. The van der Waals surface area contributed by atoms with E-state index in [1.807, 2.05) is 109 Å². The molecule has 1 fully saturated rings. The van der Waals surface area contributed by atoms with Gasteiger partial charge >= 0.3 is 0 Å². The second-order valence-electron chi connectivity index (χ2n) is 23.2. The smallest absolute Gasteiger partial charge is 0.253 e. The molecule has 6 N–H and O–H groups in total. The highest BCUT2D eigenvalue weighted by molar-refractivity contribution is 7.13. The van der Waals surface area contributed by atoms with Crippen LogP contribution < -0.4 is 26.8 Å².